The zero-order valence-corrected chi connectivity index (χ0v) is 8.45. The van der Waals surface area contributed by atoms with Crippen molar-refractivity contribution in [2.45, 2.75) is 39.0 Å². The summed E-state index contributed by atoms with van der Waals surface area (Å²) in [5.41, 5.74) is 0. The van der Waals surface area contributed by atoms with Gasteiger partial charge >= 0.3 is 0 Å². The zero-order valence-electron chi connectivity index (χ0n) is 8.45. The first-order valence-electron chi connectivity index (χ1n) is 5.11. The van der Waals surface area contributed by atoms with Crippen LogP contribution in [0.2, 0.25) is 0 Å². The number of hydrogen-bond acceptors (Lipinski definition) is 1. The quantitative estimate of drug-likeness (QED) is 0.723. The maximum absolute atomic E-state index is 13.5. The molecule has 0 aromatic rings. The van der Waals surface area contributed by atoms with Gasteiger partial charge in [-0.05, 0) is 31.8 Å². The van der Waals surface area contributed by atoms with Gasteiger partial charge in [0.15, 0.2) is 0 Å². The Morgan fingerprint density at radius 3 is 2.31 bits per heavy atom. The number of nitrogens with one attached hydrogen (secondary N) is 1. The highest BCUT2D eigenvalue weighted by Crippen LogP contribution is 2.36. The monoisotopic (exact) mass is 191 g/mol. The Labute approximate surface area is 78.9 Å². The van der Waals surface area contributed by atoms with Crippen LogP contribution in [-0.4, -0.2) is 19.0 Å². The summed E-state index contributed by atoms with van der Waals surface area (Å²) in [6.45, 7) is 5.21. The van der Waals surface area contributed by atoms with Crippen molar-refractivity contribution < 1.29 is 8.78 Å². The third-order valence-electron chi connectivity index (χ3n) is 2.62. The summed E-state index contributed by atoms with van der Waals surface area (Å²) in [5, 5.41) is 3.11. The molecule has 78 valence electrons. The number of rotatable bonds is 3. The summed E-state index contributed by atoms with van der Waals surface area (Å²) in [7, 11) is 0. The Morgan fingerprint density at radius 1 is 1.31 bits per heavy atom. The molecule has 1 saturated heterocycles. The SMILES string of the molecule is CC(C)CC(F)(F)C1CCNCC1. The lowest BCUT2D eigenvalue weighted by atomic mass is 9.87. The van der Waals surface area contributed by atoms with E-state index in [1.807, 2.05) is 13.8 Å². The Balaban J connectivity index is 2.45. The highest BCUT2D eigenvalue weighted by Gasteiger charge is 2.39. The van der Waals surface area contributed by atoms with Crippen LogP contribution in [0.4, 0.5) is 8.78 Å². The topological polar surface area (TPSA) is 12.0 Å². The Bertz CT molecular complexity index is 151. The van der Waals surface area contributed by atoms with E-state index < -0.39 is 11.8 Å². The molecule has 0 spiro atoms. The number of alkyl halides is 2. The molecule has 0 bridgehead atoms. The molecule has 0 unspecified atom stereocenters. The van der Waals surface area contributed by atoms with Crippen molar-refractivity contribution in [1.82, 2.24) is 5.32 Å². The van der Waals surface area contributed by atoms with E-state index >= 15 is 0 Å². The molecule has 0 amide bonds. The number of hydrogen-bond donors (Lipinski definition) is 1. The Hall–Kier alpha value is -0.180. The first-order valence-corrected chi connectivity index (χ1v) is 5.11. The minimum atomic E-state index is -2.45. The first-order chi connectivity index (χ1) is 6.02. The van der Waals surface area contributed by atoms with E-state index in [-0.39, 0.29) is 12.3 Å². The molecule has 0 atom stereocenters. The normalized spacial score (nSPS) is 21.0. The lowest BCUT2D eigenvalue weighted by Crippen LogP contribution is -2.38. The molecule has 1 fully saturated rings. The molecule has 1 heterocycles. The maximum atomic E-state index is 13.5. The number of piperidine rings is 1. The van der Waals surface area contributed by atoms with Gasteiger partial charge in [-0.2, -0.15) is 0 Å². The van der Waals surface area contributed by atoms with E-state index in [1.54, 1.807) is 0 Å². The van der Waals surface area contributed by atoms with Gasteiger partial charge in [0.25, 0.3) is 5.92 Å². The van der Waals surface area contributed by atoms with Gasteiger partial charge in [0.1, 0.15) is 0 Å². The summed E-state index contributed by atoms with van der Waals surface area (Å²) in [4.78, 5) is 0. The summed E-state index contributed by atoms with van der Waals surface area (Å²) < 4.78 is 27.1. The summed E-state index contributed by atoms with van der Waals surface area (Å²) in [6.07, 6.45) is 1.29. The molecule has 0 aromatic heterocycles. The molecule has 13 heavy (non-hydrogen) atoms. The Kier molecular flexibility index (Phi) is 3.65. The van der Waals surface area contributed by atoms with Gasteiger partial charge in [-0.25, -0.2) is 8.78 Å². The molecule has 0 aromatic carbocycles. The fourth-order valence-corrected chi connectivity index (χ4v) is 1.96. The predicted molar refractivity (Wildman–Crippen MR) is 50.0 cm³/mol. The highest BCUT2D eigenvalue weighted by molar-refractivity contribution is 4.82. The molecule has 1 nitrogen and oxygen atoms in total. The van der Waals surface area contributed by atoms with E-state index in [2.05, 4.69) is 5.32 Å². The smallest absolute Gasteiger partial charge is 0.251 e. The van der Waals surface area contributed by atoms with Crippen molar-refractivity contribution in [2.24, 2.45) is 11.8 Å². The van der Waals surface area contributed by atoms with E-state index in [0.717, 1.165) is 13.1 Å². The second-order valence-electron chi connectivity index (χ2n) is 4.38. The van der Waals surface area contributed by atoms with Crippen LogP contribution < -0.4 is 5.32 Å². The van der Waals surface area contributed by atoms with E-state index in [0.29, 0.717) is 12.8 Å². The Morgan fingerprint density at radius 2 is 1.85 bits per heavy atom. The van der Waals surface area contributed by atoms with Crippen molar-refractivity contribution in [2.75, 3.05) is 13.1 Å². The van der Waals surface area contributed by atoms with Crippen LogP contribution in [0.25, 0.3) is 0 Å². The molecular formula is C10H19F2N. The minimum Gasteiger partial charge on any atom is -0.317 e. The first kappa shape index (κ1) is 10.9. The fourth-order valence-electron chi connectivity index (χ4n) is 1.96. The third kappa shape index (κ3) is 3.22. The van der Waals surface area contributed by atoms with Gasteiger partial charge in [-0.3, -0.25) is 0 Å². The number of halogens is 2. The van der Waals surface area contributed by atoms with E-state index in [1.165, 1.54) is 0 Å². The largest absolute Gasteiger partial charge is 0.317 e. The fraction of sp³-hybridized carbons (Fsp3) is 1.00. The molecule has 1 N–H and O–H groups in total. The van der Waals surface area contributed by atoms with Crippen LogP contribution in [0, 0.1) is 11.8 Å². The van der Waals surface area contributed by atoms with Crippen molar-refractivity contribution in [3.05, 3.63) is 0 Å². The summed E-state index contributed by atoms with van der Waals surface area (Å²) >= 11 is 0. The third-order valence-corrected chi connectivity index (χ3v) is 2.62. The average molecular weight is 191 g/mol. The van der Waals surface area contributed by atoms with Gasteiger partial charge < -0.3 is 5.32 Å². The van der Waals surface area contributed by atoms with Gasteiger partial charge in [-0.15, -0.1) is 0 Å². The summed E-state index contributed by atoms with van der Waals surface area (Å²) in [5.74, 6) is -2.75. The molecule has 0 radical (unpaired) electrons. The molecule has 3 heteroatoms. The van der Waals surface area contributed by atoms with Gasteiger partial charge in [0.05, 0.1) is 0 Å². The minimum absolute atomic E-state index is 0.0394. The molecule has 1 aliphatic heterocycles. The van der Waals surface area contributed by atoms with Crippen LogP contribution in [-0.2, 0) is 0 Å². The zero-order chi connectivity index (χ0) is 9.90. The lowest BCUT2D eigenvalue weighted by Gasteiger charge is -2.31. The van der Waals surface area contributed by atoms with Crippen molar-refractivity contribution in [1.29, 1.82) is 0 Å². The van der Waals surface area contributed by atoms with Crippen LogP contribution in [0.15, 0.2) is 0 Å². The van der Waals surface area contributed by atoms with Crippen molar-refractivity contribution in [3.8, 4) is 0 Å². The van der Waals surface area contributed by atoms with Crippen LogP contribution in [0.5, 0.6) is 0 Å². The molecular weight excluding hydrogens is 172 g/mol. The van der Waals surface area contributed by atoms with E-state index in [4.69, 9.17) is 0 Å². The second-order valence-corrected chi connectivity index (χ2v) is 4.38. The molecule has 1 rings (SSSR count). The van der Waals surface area contributed by atoms with Crippen LogP contribution >= 0.6 is 0 Å². The van der Waals surface area contributed by atoms with Gasteiger partial charge in [0, 0.05) is 12.3 Å². The summed E-state index contributed by atoms with van der Waals surface area (Å²) in [6, 6.07) is 0. The van der Waals surface area contributed by atoms with E-state index in [9.17, 15) is 8.78 Å². The maximum Gasteiger partial charge on any atom is 0.251 e. The van der Waals surface area contributed by atoms with Crippen LogP contribution in [0.3, 0.4) is 0 Å². The van der Waals surface area contributed by atoms with Gasteiger partial charge in [0.2, 0.25) is 0 Å². The van der Waals surface area contributed by atoms with Gasteiger partial charge in [-0.1, -0.05) is 13.8 Å². The standard InChI is InChI=1S/C10H19F2N/c1-8(2)7-10(11,12)9-3-5-13-6-4-9/h8-9,13H,3-7H2,1-2H3. The van der Waals surface area contributed by atoms with Crippen molar-refractivity contribution >= 4 is 0 Å². The molecule has 1 aliphatic rings. The van der Waals surface area contributed by atoms with Crippen molar-refractivity contribution in [3.63, 3.8) is 0 Å². The lowest BCUT2D eigenvalue weighted by molar-refractivity contribution is -0.0834. The predicted octanol–water partition coefficient (Wildman–Crippen LogP) is 2.67. The molecule has 0 aliphatic carbocycles. The van der Waals surface area contributed by atoms with Crippen LogP contribution in [0.1, 0.15) is 33.1 Å². The average Bonchev–Trinajstić information content (AvgIpc) is 2.04. The second kappa shape index (κ2) is 4.36. The molecule has 0 saturated carbocycles. The highest BCUT2D eigenvalue weighted by atomic mass is 19.3.